The van der Waals surface area contributed by atoms with Gasteiger partial charge in [0.15, 0.2) is 0 Å². The fourth-order valence-electron chi connectivity index (χ4n) is 2.05. The van der Waals surface area contributed by atoms with Crippen LogP contribution in [0.4, 0.5) is 0 Å². The van der Waals surface area contributed by atoms with Gasteiger partial charge in [-0.1, -0.05) is 61.7 Å². The smallest absolute Gasteiger partial charge is 0.137 e. The van der Waals surface area contributed by atoms with E-state index in [2.05, 4.69) is 13.2 Å². The molecule has 0 unspecified atom stereocenters. The van der Waals surface area contributed by atoms with Crippen LogP contribution in [0.3, 0.4) is 0 Å². The van der Waals surface area contributed by atoms with Crippen molar-refractivity contribution < 1.29 is 4.74 Å². The molecule has 0 fully saturated rings. The molecule has 19 heavy (non-hydrogen) atoms. The van der Waals surface area contributed by atoms with Crippen molar-refractivity contribution >= 4 is 12.2 Å². The van der Waals surface area contributed by atoms with Gasteiger partial charge in [0.25, 0.3) is 0 Å². The van der Waals surface area contributed by atoms with Gasteiger partial charge in [-0.2, -0.15) is 0 Å². The normalized spacial score (nSPS) is 10.0. The summed E-state index contributed by atoms with van der Waals surface area (Å²) >= 11 is 0. The van der Waals surface area contributed by atoms with E-state index in [4.69, 9.17) is 4.74 Å². The Hall–Kier alpha value is -2.28. The van der Waals surface area contributed by atoms with Crippen LogP contribution in [0.25, 0.3) is 12.2 Å². The van der Waals surface area contributed by atoms with Crippen LogP contribution in [0.2, 0.25) is 0 Å². The molecule has 0 atom stereocenters. The highest BCUT2D eigenvalue weighted by molar-refractivity contribution is 5.63. The number of rotatable bonds is 4. The molecule has 0 aliphatic rings. The van der Waals surface area contributed by atoms with Gasteiger partial charge in [0, 0.05) is 11.1 Å². The largest absolute Gasteiger partial charge is 0.456 e. The van der Waals surface area contributed by atoms with Crippen LogP contribution < -0.4 is 4.74 Å². The van der Waals surface area contributed by atoms with Crippen molar-refractivity contribution in [3.8, 4) is 11.5 Å². The van der Waals surface area contributed by atoms with Crippen molar-refractivity contribution in [3.05, 3.63) is 71.8 Å². The molecule has 2 aromatic carbocycles. The summed E-state index contributed by atoms with van der Waals surface area (Å²) in [6.45, 7) is 11.8. The fourth-order valence-corrected chi connectivity index (χ4v) is 2.05. The second kappa shape index (κ2) is 5.57. The van der Waals surface area contributed by atoms with Gasteiger partial charge >= 0.3 is 0 Å². The summed E-state index contributed by atoms with van der Waals surface area (Å²) in [4.78, 5) is 0. The molecule has 2 rings (SSSR count). The third kappa shape index (κ3) is 2.60. The zero-order valence-electron chi connectivity index (χ0n) is 11.4. The van der Waals surface area contributed by atoms with Gasteiger partial charge in [0.2, 0.25) is 0 Å². The van der Waals surface area contributed by atoms with E-state index >= 15 is 0 Å². The van der Waals surface area contributed by atoms with Gasteiger partial charge in [0.05, 0.1) is 0 Å². The van der Waals surface area contributed by atoms with E-state index in [0.717, 1.165) is 33.8 Å². The molecule has 1 heteroatoms. The van der Waals surface area contributed by atoms with E-state index in [1.54, 1.807) is 0 Å². The standard InChI is InChI=1S/C18H18O/c1-5-15-11-7-9-13(3)17(15)19-18-14(4)10-8-12-16(18)6-2/h5-12H,1-2H2,3-4H3. The fraction of sp³-hybridized carbons (Fsp3) is 0.111. The Bertz CT molecular complexity index is 568. The van der Waals surface area contributed by atoms with Crippen LogP contribution in [0.15, 0.2) is 49.6 Å². The summed E-state index contributed by atoms with van der Waals surface area (Å²) in [6.07, 6.45) is 3.63. The lowest BCUT2D eigenvalue weighted by molar-refractivity contribution is 0.473. The maximum atomic E-state index is 6.14. The van der Waals surface area contributed by atoms with Crippen molar-refractivity contribution in [3.63, 3.8) is 0 Å². The van der Waals surface area contributed by atoms with Crippen LogP contribution >= 0.6 is 0 Å². The molecule has 0 heterocycles. The number of aryl methyl sites for hydroxylation is 2. The van der Waals surface area contributed by atoms with Crippen molar-refractivity contribution in [1.29, 1.82) is 0 Å². The maximum Gasteiger partial charge on any atom is 0.137 e. The first kappa shape index (κ1) is 13.2. The first-order chi connectivity index (χ1) is 9.17. The van der Waals surface area contributed by atoms with Crippen LogP contribution in [-0.4, -0.2) is 0 Å². The van der Waals surface area contributed by atoms with E-state index in [9.17, 15) is 0 Å². The molecule has 0 amide bonds. The number of para-hydroxylation sites is 2. The molecule has 0 radical (unpaired) electrons. The van der Waals surface area contributed by atoms with E-state index in [1.165, 1.54) is 0 Å². The molecular weight excluding hydrogens is 232 g/mol. The monoisotopic (exact) mass is 250 g/mol. The predicted octanol–water partition coefficient (Wildman–Crippen LogP) is 5.38. The molecular formula is C18H18O. The van der Waals surface area contributed by atoms with Gasteiger partial charge < -0.3 is 4.74 Å². The number of hydrogen-bond acceptors (Lipinski definition) is 1. The first-order valence-electron chi connectivity index (χ1n) is 6.29. The Balaban J connectivity index is 2.53. The van der Waals surface area contributed by atoms with E-state index in [0.29, 0.717) is 0 Å². The van der Waals surface area contributed by atoms with Crippen LogP contribution in [0.1, 0.15) is 22.3 Å². The Morgan fingerprint density at radius 2 is 1.21 bits per heavy atom. The molecule has 0 aliphatic carbocycles. The highest BCUT2D eigenvalue weighted by atomic mass is 16.5. The van der Waals surface area contributed by atoms with E-state index < -0.39 is 0 Å². The summed E-state index contributed by atoms with van der Waals surface area (Å²) in [5.41, 5.74) is 4.18. The Morgan fingerprint density at radius 3 is 1.58 bits per heavy atom. The zero-order chi connectivity index (χ0) is 13.8. The lowest BCUT2D eigenvalue weighted by atomic mass is 10.1. The Labute approximate surface area is 114 Å². The summed E-state index contributed by atoms with van der Waals surface area (Å²) in [5.74, 6) is 1.71. The van der Waals surface area contributed by atoms with Crippen molar-refractivity contribution in [2.75, 3.05) is 0 Å². The molecule has 0 bridgehead atoms. The molecule has 1 nitrogen and oxygen atoms in total. The van der Waals surface area contributed by atoms with Gasteiger partial charge in [-0.3, -0.25) is 0 Å². The highest BCUT2D eigenvalue weighted by Crippen LogP contribution is 2.34. The third-order valence-electron chi connectivity index (χ3n) is 3.13. The third-order valence-corrected chi connectivity index (χ3v) is 3.13. The molecule has 2 aromatic rings. The topological polar surface area (TPSA) is 9.23 Å². The number of ether oxygens (including phenoxy) is 1. The average molecular weight is 250 g/mol. The van der Waals surface area contributed by atoms with Gasteiger partial charge in [-0.15, -0.1) is 0 Å². The van der Waals surface area contributed by atoms with E-state index in [1.807, 2.05) is 62.4 Å². The van der Waals surface area contributed by atoms with Gasteiger partial charge in [0.1, 0.15) is 11.5 Å². The summed E-state index contributed by atoms with van der Waals surface area (Å²) < 4.78 is 6.14. The second-order valence-electron chi connectivity index (χ2n) is 4.50. The molecule has 96 valence electrons. The zero-order valence-corrected chi connectivity index (χ0v) is 11.4. The highest BCUT2D eigenvalue weighted by Gasteiger charge is 2.10. The Morgan fingerprint density at radius 1 is 0.789 bits per heavy atom. The summed E-state index contributed by atoms with van der Waals surface area (Å²) in [7, 11) is 0. The summed E-state index contributed by atoms with van der Waals surface area (Å²) in [6, 6.07) is 12.1. The average Bonchev–Trinajstić information content (AvgIpc) is 2.42. The Kier molecular flexibility index (Phi) is 3.86. The van der Waals surface area contributed by atoms with Crippen LogP contribution in [0.5, 0.6) is 11.5 Å². The van der Waals surface area contributed by atoms with Crippen LogP contribution in [-0.2, 0) is 0 Å². The number of hydrogen-bond donors (Lipinski definition) is 0. The SMILES string of the molecule is C=Cc1cccc(C)c1Oc1c(C)cccc1C=C. The minimum absolute atomic E-state index is 0.856. The molecule has 0 aliphatic heterocycles. The van der Waals surface area contributed by atoms with Crippen molar-refractivity contribution in [1.82, 2.24) is 0 Å². The quantitative estimate of drug-likeness (QED) is 0.707. The molecule has 0 aromatic heterocycles. The van der Waals surface area contributed by atoms with E-state index in [-0.39, 0.29) is 0 Å². The molecule has 0 saturated heterocycles. The molecule has 0 N–H and O–H groups in total. The van der Waals surface area contributed by atoms with Crippen LogP contribution in [0, 0.1) is 13.8 Å². The van der Waals surface area contributed by atoms with Gasteiger partial charge in [-0.05, 0) is 25.0 Å². The maximum absolute atomic E-state index is 6.14. The minimum Gasteiger partial charge on any atom is -0.456 e. The van der Waals surface area contributed by atoms with Crippen molar-refractivity contribution in [2.45, 2.75) is 13.8 Å². The lowest BCUT2D eigenvalue weighted by Gasteiger charge is -2.15. The molecule has 0 saturated carbocycles. The van der Waals surface area contributed by atoms with Gasteiger partial charge in [-0.25, -0.2) is 0 Å². The lowest BCUT2D eigenvalue weighted by Crippen LogP contribution is -1.95. The van der Waals surface area contributed by atoms with Crippen molar-refractivity contribution in [2.24, 2.45) is 0 Å². The minimum atomic E-state index is 0.856. The number of benzene rings is 2. The summed E-state index contributed by atoms with van der Waals surface area (Å²) in [5, 5.41) is 0. The second-order valence-corrected chi connectivity index (χ2v) is 4.50. The first-order valence-corrected chi connectivity index (χ1v) is 6.29. The predicted molar refractivity (Wildman–Crippen MR) is 82.6 cm³/mol. The molecule has 0 spiro atoms.